The molecule has 0 aromatic rings. The predicted molar refractivity (Wildman–Crippen MR) is 33.4 cm³/mol. The summed E-state index contributed by atoms with van der Waals surface area (Å²) < 4.78 is 0. The molecule has 0 atom stereocenters. The van der Waals surface area contributed by atoms with Gasteiger partial charge in [0.1, 0.15) is 0 Å². The zero-order valence-corrected chi connectivity index (χ0v) is 7.54. The Morgan fingerprint density at radius 3 is 1.57 bits per heavy atom. The van der Waals surface area contributed by atoms with Crippen LogP contribution in [0.1, 0.15) is 27.2 Å². The van der Waals surface area contributed by atoms with Crippen molar-refractivity contribution in [3.63, 3.8) is 0 Å². The molecule has 0 saturated carbocycles. The van der Waals surface area contributed by atoms with Gasteiger partial charge in [-0.05, 0) is 0 Å². The maximum absolute atomic E-state index is 3.60. The van der Waals surface area contributed by atoms with E-state index < -0.39 is 0 Å². The third-order valence-electron chi connectivity index (χ3n) is 0.354. The van der Waals surface area contributed by atoms with E-state index in [0.717, 1.165) is 6.42 Å². The Labute approximate surface area is 74.0 Å². The maximum atomic E-state index is 3.60. The summed E-state index contributed by atoms with van der Waals surface area (Å²) >= 11 is 0. The van der Waals surface area contributed by atoms with Crippen molar-refractivity contribution in [3.8, 4) is 0 Å². The molecule has 1 radical (unpaired) electrons. The first-order valence-corrected chi connectivity index (χ1v) is 1.71. The van der Waals surface area contributed by atoms with E-state index in [1.54, 1.807) is 0 Å². The molecule has 0 rings (SSSR count). The largest absolute Gasteiger partial charge is 0.358 e. The summed E-state index contributed by atoms with van der Waals surface area (Å²) in [6.07, 6.45) is 2.28. The molecule has 0 heterocycles. The Morgan fingerprint density at radius 1 is 1.43 bits per heavy atom. The molecule has 0 fully saturated rings. The zero-order valence-electron chi connectivity index (χ0n) is 4.70. The normalized spacial score (nSPS) is 4.29. The number of hydrogen-bond donors (Lipinski definition) is 0. The molecule has 0 spiro atoms. The van der Waals surface area contributed by atoms with Crippen LogP contribution in [0.2, 0.25) is 0 Å². The first-order chi connectivity index (χ1) is 1.91. The van der Waals surface area contributed by atoms with E-state index in [1.807, 2.05) is 0 Å². The average Bonchev–Trinajstić information content (AvgIpc) is 1.37. The van der Waals surface area contributed by atoms with E-state index in [-0.39, 0.29) is 47.6 Å². The molecule has 0 aromatic carbocycles. The molecule has 0 aliphatic heterocycles. The van der Waals surface area contributed by atoms with Crippen molar-refractivity contribution in [1.29, 1.82) is 0 Å². The molecule has 0 aromatic heterocycles. The minimum Gasteiger partial charge on any atom is -0.358 e. The van der Waals surface area contributed by atoms with Gasteiger partial charge in [0.05, 0.1) is 0 Å². The zero-order chi connectivity index (χ0) is 3.41. The predicted octanol–water partition coefficient (Wildman–Crippen LogP) is 2.70. The van der Waals surface area contributed by atoms with Crippen LogP contribution in [0.25, 0.3) is 0 Å². The van der Waals surface area contributed by atoms with Crippen molar-refractivity contribution in [2.24, 2.45) is 0 Å². The molecule has 45 valence electrons. The summed E-state index contributed by atoms with van der Waals surface area (Å²) in [4.78, 5) is 0. The second-order valence-electron chi connectivity index (χ2n) is 0.854. The molecule has 0 amide bonds. The molecule has 0 unspecified atom stereocenters. The van der Waals surface area contributed by atoms with Crippen molar-refractivity contribution < 1.29 is 32.7 Å². The van der Waals surface area contributed by atoms with Crippen LogP contribution < -0.4 is 0 Å². The molecule has 1 heteroatoms. The Morgan fingerprint density at radius 2 is 1.57 bits per heavy atom. The van der Waals surface area contributed by atoms with Gasteiger partial charge >= 0.3 is 0 Å². The number of unbranched alkanes of at least 4 members (excludes halogenated alkanes) is 1. The summed E-state index contributed by atoms with van der Waals surface area (Å²) in [6, 6.07) is 0. The minimum absolute atomic E-state index is 0. The standard InChI is InChI=1S/C4H9.CH4.CH3.Y/c1-3-4-2;;;/h1,3-4H2,2H3;1H4;1H3;/q-1;;-1;. The fourth-order valence-corrected chi connectivity index (χ4v) is 0. The van der Waals surface area contributed by atoms with Crippen molar-refractivity contribution in [2.45, 2.75) is 27.2 Å². The molecule has 0 bridgehead atoms. The molecule has 0 nitrogen and oxygen atoms in total. The molecule has 0 saturated heterocycles. The van der Waals surface area contributed by atoms with Crippen molar-refractivity contribution in [2.75, 3.05) is 0 Å². The minimum atomic E-state index is 0. The maximum Gasteiger partial charge on any atom is 0 e. The van der Waals surface area contributed by atoms with Crippen molar-refractivity contribution in [3.05, 3.63) is 14.4 Å². The average molecular weight is 177 g/mol. The van der Waals surface area contributed by atoms with E-state index in [2.05, 4.69) is 13.8 Å². The van der Waals surface area contributed by atoms with Gasteiger partial charge in [-0.1, -0.05) is 20.8 Å². The monoisotopic (exact) mass is 177 g/mol. The van der Waals surface area contributed by atoms with Gasteiger partial charge in [0, 0.05) is 32.7 Å². The van der Waals surface area contributed by atoms with Crippen molar-refractivity contribution in [1.82, 2.24) is 0 Å². The van der Waals surface area contributed by atoms with E-state index in [9.17, 15) is 0 Å². The van der Waals surface area contributed by atoms with Gasteiger partial charge in [-0.3, -0.25) is 0 Å². The van der Waals surface area contributed by atoms with Gasteiger partial charge in [0.2, 0.25) is 0 Å². The summed E-state index contributed by atoms with van der Waals surface area (Å²) in [5.74, 6) is 0. The van der Waals surface area contributed by atoms with E-state index in [0.29, 0.717) is 0 Å². The first-order valence-electron chi connectivity index (χ1n) is 1.71. The van der Waals surface area contributed by atoms with Crippen LogP contribution in [0.5, 0.6) is 0 Å². The van der Waals surface area contributed by atoms with E-state index >= 15 is 0 Å². The summed E-state index contributed by atoms with van der Waals surface area (Å²) in [5.41, 5.74) is 0. The quantitative estimate of drug-likeness (QED) is 0.540. The molecular formula is C6H16Y-2. The summed E-state index contributed by atoms with van der Waals surface area (Å²) in [5, 5.41) is 0. The van der Waals surface area contributed by atoms with Crippen LogP contribution in [0.4, 0.5) is 0 Å². The van der Waals surface area contributed by atoms with Gasteiger partial charge in [-0.25, -0.2) is 0 Å². The van der Waals surface area contributed by atoms with Crippen LogP contribution in [0, 0.1) is 14.4 Å². The molecular weight excluding hydrogens is 161 g/mol. The molecule has 0 aliphatic rings. The fraction of sp³-hybridized carbons (Fsp3) is 0.667. The molecule has 0 N–H and O–H groups in total. The van der Waals surface area contributed by atoms with Gasteiger partial charge in [-0.2, -0.15) is 6.42 Å². The Hall–Kier alpha value is 1.10. The summed E-state index contributed by atoms with van der Waals surface area (Å²) in [6.45, 7) is 5.72. The Kier molecular flexibility index (Phi) is 95.3. The van der Waals surface area contributed by atoms with Crippen LogP contribution in [-0.2, 0) is 32.7 Å². The second-order valence-corrected chi connectivity index (χ2v) is 0.854. The number of rotatable bonds is 1. The van der Waals surface area contributed by atoms with Gasteiger partial charge < -0.3 is 14.4 Å². The van der Waals surface area contributed by atoms with Gasteiger partial charge in [-0.15, -0.1) is 0 Å². The number of hydrogen-bond acceptors (Lipinski definition) is 0. The first kappa shape index (κ1) is 24.3. The molecule has 7 heavy (non-hydrogen) atoms. The van der Waals surface area contributed by atoms with E-state index in [4.69, 9.17) is 0 Å². The topological polar surface area (TPSA) is 0 Å². The van der Waals surface area contributed by atoms with Crippen LogP contribution in [-0.4, -0.2) is 0 Å². The van der Waals surface area contributed by atoms with E-state index in [1.165, 1.54) is 6.42 Å². The van der Waals surface area contributed by atoms with Crippen LogP contribution in [0.15, 0.2) is 0 Å². The molecule has 0 aliphatic carbocycles. The summed E-state index contributed by atoms with van der Waals surface area (Å²) in [7, 11) is 0. The fourth-order valence-electron chi connectivity index (χ4n) is 0. The van der Waals surface area contributed by atoms with Gasteiger partial charge in [0.15, 0.2) is 0 Å². The van der Waals surface area contributed by atoms with Gasteiger partial charge in [0.25, 0.3) is 0 Å². The Bertz CT molecular complexity index is 6.14. The Balaban J connectivity index is -0.0000000150. The SMILES string of the molecule is C.[CH2-]CCC.[CH3-].[Y]. The third-order valence-corrected chi connectivity index (χ3v) is 0.354. The second kappa shape index (κ2) is 27.5. The van der Waals surface area contributed by atoms with Crippen molar-refractivity contribution >= 4 is 0 Å². The smallest absolute Gasteiger partial charge is 0 e. The third kappa shape index (κ3) is 41.8. The van der Waals surface area contributed by atoms with Crippen LogP contribution in [0.3, 0.4) is 0 Å². The van der Waals surface area contributed by atoms with Crippen LogP contribution >= 0.6 is 0 Å².